The van der Waals surface area contributed by atoms with Gasteiger partial charge in [-0.3, -0.25) is 0 Å². The van der Waals surface area contributed by atoms with Crippen molar-refractivity contribution in [3.63, 3.8) is 0 Å². The van der Waals surface area contributed by atoms with Crippen molar-refractivity contribution in [1.29, 1.82) is 0 Å². The molecule has 26 heavy (non-hydrogen) atoms. The lowest BCUT2D eigenvalue weighted by Crippen LogP contribution is -2.09. The van der Waals surface area contributed by atoms with Crippen molar-refractivity contribution in [2.45, 2.75) is 50.8 Å². The summed E-state index contributed by atoms with van der Waals surface area (Å²) in [5.41, 5.74) is 2.30. The first kappa shape index (κ1) is 18.5. The molecule has 0 bridgehead atoms. The number of nitrogens with zero attached hydrogens (tertiary/aromatic N) is 1. The Morgan fingerprint density at radius 2 is 1.81 bits per heavy atom. The van der Waals surface area contributed by atoms with E-state index >= 15 is 0 Å². The molecule has 0 aliphatic rings. The van der Waals surface area contributed by atoms with E-state index in [4.69, 9.17) is 8.60 Å². The molecule has 0 saturated heterocycles. The molecule has 0 amide bonds. The van der Waals surface area contributed by atoms with Crippen molar-refractivity contribution in [2.24, 2.45) is 0 Å². The molecule has 3 aromatic rings. The normalized spacial score (nSPS) is 11.8. The van der Waals surface area contributed by atoms with Gasteiger partial charge in [0.25, 0.3) is 0 Å². The maximum atomic E-state index is 12.5. The molecule has 2 aromatic carbocycles. The summed E-state index contributed by atoms with van der Waals surface area (Å²) in [6.07, 6.45) is 5.71. The molecule has 0 fully saturated rings. The number of aryl methyl sites for hydroxylation is 2. The van der Waals surface area contributed by atoms with Gasteiger partial charge < -0.3 is 8.60 Å². The van der Waals surface area contributed by atoms with Crippen LogP contribution < -0.4 is 4.18 Å². The van der Waals surface area contributed by atoms with Crippen LogP contribution in [0.2, 0.25) is 0 Å². The fraction of sp³-hybridized carbons (Fsp3) is 0.350. The molecule has 5 nitrogen and oxygen atoms in total. The molecular formula is C20H23NO4S. The van der Waals surface area contributed by atoms with E-state index in [2.05, 4.69) is 11.9 Å². The van der Waals surface area contributed by atoms with Gasteiger partial charge in [0.2, 0.25) is 0 Å². The summed E-state index contributed by atoms with van der Waals surface area (Å²) >= 11 is 0. The summed E-state index contributed by atoms with van der Waals surface area (Å²) < 4.78 is 35.6. The Labute approximate surface area is 154 Å². The van der Waals surface area contributed by atoms with Crippen molar-refractivity contribution >= 4 is 21.2 Å². The van der Waals surface area contributed by atoms with E-state index in [0.717, 1.165) is 18.4 Å². The maximum Gasteiger partial charge on any atom is 0.339 e. The molecule has 0 saturated carbocycles. The lowest BCUT2D eigenvalue weighted by molar-refractivity contribution is 0.485. The standard InChI is InChI=1S/C20H23NO4S/c1-3-4-5-6-7-16-8-11-18(12-9-16)26(22,23)25-17-10-13-19-20(14-17)24-15(2)21-19/h8-14H,3-7H2,1-2H3. The van der Waals surface area contributed by atoms with E-state index in [1.807, 2.05) is 12.1 Å². The largest absolute Gasteiger partial charge is 0.441 e. The van der Waals surface area contributed by atoms with E-state index in [9.17, 15) is 8.42 Å². The second kappa shape index (κ2) is 7.91. The van der Waals surface area contributed by atoms with Gasteiger partial charge in [-0.25, -0.2) is 4.98 Å². The van der Waals surface area contributed by atoms with Crippen LogP contribution in [0.5, 0.6) is 5.75 Å². The van der Waals surface area contributed by atoms with Crippen LogP contribution >= 0.6 is 0 Å². The fourth-order valence-corrected chi connectivity index (χ4v) is 3.75. The highest BCUT2D eigenvalue weighted by molar-refractivity contribution is 7.87. The van der Waals surface area contributed by atoms with Gasteiger partial charge in [0.05, 0.1) is 0 Å². The third-order valence-electron chi connectivity index (χ3n) is 4.20. The van der Waals surface area contributed by atoms with Crippen LogP contribution in [0.15, 0.2) is 51.8 Å². The van der Waals surface area contributed by atoms with Gasteiger partial charge >= 0.3 is 10.1 Å². The zero-order chi connectivity index (χ0) is 18.6. The average molecular weight is 373 g/mol. The number of oxazole rings is 1. The molecule has 1 aromatic heterocycles. The van der Waals surface area contributed by atoms with Gasteiger partial charge in [0.1, 0.15) is 16.2 Å². The Morgan fingerprint density at radius 3 is 2.54 bits per heavy atom. The van der Waals surface area contributed by atoms with Gasteiger partial charge in [0.15, 0.2) is 11.5 Å². The minimum atomic E-state index is -3.88. The molecule has 3 rings (SSSR count). The molecule has 1 heterocycles. The number of aromatic nitrogens is 1. The zero-order valence-corrected chi connectivity index (χ0v) is 15.9. The number of benzene rings is 2. The topological polar surface area (TPSA) is 69.4 Å². The van der Waals surface area contributed by atoms with E-state index in [-0.39, 0.29) is 10.6 Å². The Morgan fingerprint density at radius 1 is 1.04 bits per heavy atom. The number of unbranched alkanes of at least 4 members (excludes halogenated alkanes) is 3. The zero-order valence-electron chi connectivity index (χ0n) is 15.1. The molecule has 0 unspecified atom stereocenters. The second-order valence-corrected chi connectivity index (χ2v) is 7.90. The molecule has 0 N–H and O–H groups in total. The highest BCUT2D eigenvalue weighted by Gasteiger charge is 2.17. The quantitative estimate of drug-likeness (QED) is 0.409. The van der Waals surface area contributed by atoms with Crippen molar-refractivity contribution < 1.29 is 17.0 Å². The fourth-order valence-electron chi connectivity index (χ4n) is 2.83. The number of rotatable bonds is 8. The third kappa shape index (κ3) is 4.43. The van der Waals surface area contributed by atoms with Gasteiger partial charge in [-0.15, -0.1) is 0 Å². The first-order valence-corrected chi connectivity index (χ1v) is 10.3. The Bertz CT molecular complexity index is 975. The lowest BCUT2D eigenvalue weighted by Gasteiger charge is -2.08. The van der Waals surface area contributed by atoms with Crippen LogP contribution in [0.1, 0.15) is 44.1 Å². The molecule has 0 spiro atoms. The van der Waals surface area contributed by atoms with Gasteiger partial charge in [-0.1, -0.05) is 38.3 Å². The summed E-state index contributed by atoms with van der Waals surface area (Å²) in [6, 6.07) is 11.7. The monoisotopic (exact) mass is 373 g/mol. The summed E-state index contributed by atoms with van der Waals surface area (Å²) in [5.74, 6) is 0.729. The molecule has 0 aliphatic carbocycles. The van der Waals surface area contributed by atoms with Gasteiger partial charge in [-0.2, -0.15) is 8.42 Å². The summed E-state index contributed by atoms with van der Waals surface area (Å²) in [4.78, 5) is 4.33. The Kier molecular flexibility index (Phi) is 5.61. The first-order chi connectivity index (χ1) is 12.5. The second-order valence-electron chi connectivity index (χ2n) is 6.35. The van der Waals surface area contributed by atoms with Gasteiger partial charge in [0, 0.05) is 13.0 Å². The van der Waals surface area contributed by atoms with E-state index in [0.29, 0.717) is 17.0 Å². The minimum absolute atomic E-state index is 0.142. The number of hydrogen-bond acceptors (Lipinski definition) is 5. The minimum Gasteiger partial charge on any atom is -0.441 e. The van der Waals surface area contributed by atoms with E-state index in [1.54, 1.807) is 31.2 Å². The van der Waals surface area contributed by atoms with Crippen molar-refractivity contribution in [1.82, 2.24) is 4.98 Å². The molecule has 6 heteroatoms. The van der Waals surface area contributed by atoms with Crippen molar-refractivity contribution in [3.05, 3.63) is 53.9 Å². The molecule has 0 radical (unpaired) electrons. The number of hydrogen-bond donors (Lipinski definition) is 0. The SMILES string of the molecule is CCCCCCc1ccc(S(=O)(=O)Oc2ccc3nc(C)oc3c2)cc1. The molecule has 138 valence electrons. The highest BCUT2D eigenvalue weighted by atomic mass is 32.2. The highest BCUT2D eigenvalue weighted by Crippen LogP contribution is 2.24. The number of fused-ring (bicyclic) bond motifs is 1. The van der Waals surface area contributed by atoms with Crippen LogP contribution in [0.4, 0.5) is 0 Å². The first-order valence-electron chi connectivity index (χ1n) is 8.88. The van der Waals surface area contributed by atoms with Crippen molar-refractivity contribution in [3.8, 4) is 5.75 Å². The van der Waals surface area contributed by atoms with Crippen LogP contribution in [-0.2, 0) is 16.5 Å². The van der Waals surface area contributed by atoms with Crippen LogP contribution in [-0.4, -0.2) is 13.4 Å². The smallest absolute Gasteiger partial charge is 0.339 e. The van der Waals surface area contributed by atoms with Crippen LogP contribution in [0.25, 0.3) is 11.1 Å². The molecular weight excluding hydrogens is 350 g/mol. The van der Waals surface area contributed by atoms with Gasteiger partial charge in [-0.05, 0) is 42.7 Å². The van der Waals surface area contributed by atoms with Crippen molar-refractivity contribution in [2.75, 3.05) is 0 Å². The summed E-state index contributed by atoms with van der Waals surface area (Å²) in [6.45, 7) is 3.92. The predicted molar refractivity (Wildman–Crippen MR) is 101 cm³/mol. The molecule has 0 aliphatic heterocycles. The molecule has 0 atom stereocenters. The van der Waals surface area contributed by atoms with Crippen LogP contribution in [0.3, 0.4) is 0 Å². The Hall–Kier alpha value is -2.34. The average Bonchev–Trinajstić information content (AvgIpc) is 2.98. The van der Waals surface area contributed by atoms with E-state index in [1.165, 1.54) is 25.3 Å². The predicted octanol–water partition coefficient (Wildman–Crippen LogP) is 5.03. The summed E-state index contributed by atoms with van der Waals surface area (Å²) in [7, 11) is -3.88. The summed E-state index contributed by atoms with van der Waals surface area (Å²) in [5, 5.41) is 0. The van der Waals surface area contributed by atoms with E-state index < -0.39 is 10.1 Å². The maximum absolute atomic E-state index is 12.5. The third-order valence-corrected chi connectivity index (χ3v) is 5.47. The Balaban J connectivity index is 1.70. The van der Waals surface area contributed by atoms with Crippen LogP contribution in [0, 0.1) is 6.92 Å². The lowest BCUT2D eigenvalue weighted by atomic mass is 10.1.